The van der Waals surface area contributed by atoms with Crippen molar-refractivity contribution in [1.82, 2.24) is 9.88 Å². The van der Waals surface area contributed by atoms with Gasteiger partial charge in [0.25, 0.3) is 5.91 Å². The lowest BCUT2D eigenvalue weighted by Crippen LogP contribution is -2.33. The van der Waals surface area contributed by atoms with Crippen LogP contribution in [-0.4, -0.2) is 40.0 Å². The molecule has 0 radical (unpaired) electrons. The minimum absolute atomic E-state index is 0.0437. The molecule has 21 heavy (non-hydrogen) atoms. The largest absolute Gasteiger partial charge is 0.481 e. The number of fused-ring (bicyclic) bond motifs is 1. The average molecular weight is 288 g/mol. The first-order chi connectivity index (χ1) is 9.92. The quantitative estimate of drug-likeness (QED) is 0.888. The predicted molar refractivity (Wildman–Crippen MR) is 81.6 cm³/mol. The Bertz CT molecular complexity index is 688. The van der Waals surface area contributed by atoms with Crippen LogP contribution in [0.4, 0.5) is 0 Å². The molecule has 1 amide bonds. The van der Waals surface area contributed by atoms with Crippen LogP contribution in [0.2, 0.25) is 0 Å². The molecule has 1 aromatic heterocycles. The third-order valence-electron chi connectivity index (χ3n) is 3.58. The standard InChI is InChI=1S/C16H20N2O3/c1-4-18(6-5-15(19)20)16(21)14-9-12-11(3)7-10(2)8-13(12)17-14/h7-9,17H,4-6H2,1-3H3,(H,19,20). The Labute approximate surface area is 123 Å². The van der Waals surface area contributed by atoms with E-state index >= 15 is 0 Å². The molecule has 0 atom stereocenters. The van der Waals surface area contributed by atoms with E-state index in [4.69, 9.17) is 5.11 Å². The van der Waals surface area contributed by atoms with E-state index in [0.717, 1.165) is 22.0 Å². The van der Waals surface area contributed by atoms with Crippen molar-refractivity contribution < 1.29 is 14.7 Å². The lowest BCUT2D eigenvalue weighted by atomic mass is 10.1. The highest BCUT2D eigenvalue weighted by atomic mass is 16.4. The number of carboxylic acid groups (broad SMARTS) is 1. The van der Waals surface area contributed by atoms with Gasteiger partial charge in [-0.15, -0.1) is 0 Å². The number of hydrogen-bond donors (Lipinski definition) is 2. The van der Waals surface area contributed by atoms with Gasteiger partial charge in [-0.2, -0.15) is 0 Å². The second kappa shape index (κ2) is 5.99. The zero-order valence-electron chi connectivity index (χ0n) is 12.6. The predicted octanol–water partition coefficient (Wildman–Crippen LogP) is 2.72. The highest BCUT2D eigenvalue weighted by molar-refractivity contribution is 5.99. The van der Waals surface area contributed by atoms with Gasteiger partial charge >= 0.3 is 5.97 Å². The number of nitrogens with one attached hydrogen (secondary N) is 1. The van der Waals surface area contributed by atoms with Crippen LogP contribution in [0.1, 0.15) is 35.0 Å². The molecule has 1 heterocycles. The number of H-pyrrole nitrogens is 1. The molecule has 1 aromatic carbocycles. The Hall–Kier alpha value is -2.30. The van der Waals surface area contributed by atoms with Crippen molar-refractivity contribution >= 4 is 22.8 Å². The van der Waals surface area contributed by atoms with E-state index in [9.17, 15) is 9.59 Å². The minimum atomic E-state index is -0.899. The maximum atomic E-state index is 12.5. The number of hydrogen-bond acceptors (Lipinski definition) is 2. The fraction of sp³-hybridized carbons (Fsp3) is 0.375. The van der Waals surface area contributed by atoms with Gasteiger partial charge < -0.3 is 15.0 Å². The molecule has 2 rings (SSSR count). The minimum Gasteiger partial charge on any atom is -0.481 e. The molecule has 0 bridgehead atoms. The molecular weight excluding hydrogens is 268 g/mol. The highest BCUT2D eigenvalue weighted by Gasteiger charge is 2.17. The third-order valence-corrected chi connectivity index (χ3v) is 3.58. The van der Waals surface area contributed by atoms with Gasteiger partial charge in [-0.25, -0.2) is 0 Å². The average Bonchev–Trinajstić information content (AvgIpc) is 2.83. The molecule has 2 N–H and O–H groups in total. The molecule has 0 unspecified atom stereocenters. The van der Waals surface area contributed by atoms with Crippen LogP contribution in [0.25, 0.3) is 10.9 Å². The smallest absolute Gasteiger partial charge is 0.305 e. The lowest BCUT2D eigenvalue weighted by Gasteiger charge is -2.18. The van der Waals surface area contributed by atoms with Crippen molar-refractivity contribution in [1.29, 1.82) is 0 Å². The number of rotatable bonds is 5. The molecular formula is C16H20N2O3. The molecule has 2 aromatic rings. The number of aryl methyl sites for hydroxylation is 2. The number of aromatic nitrogens is 1. The first kappa shape index (κ1) is 15.1. The highest BCUT2D eigenvalue weighted by Crippen LogP contribution is 2.22. The Morgan fingerprint density at radius 3 is 2.57 bits per heavy atom. The monoisotopic (exact) mass is 288 g/mol. The van der Waals surface area contributed by atoms with Crippen LogP contribution in [0.15, 0.2) is 18.2 Å². The summed E-state index contributed by atoms with van der Waals surface area (Å²) in [6.45, 7) is 6.58. The Morgan fingerprint density at radius 1 is 1.24 bits per heavy atom. The number of aromatic amines is 1. The fourth-order valence-corrected chi connectivity index (χ4v) is 2.52. The molecule has 0 saturated heterocycles. The third kappa shape index (κ3) is 3.24. The van der Waals surface area contributed by atoms with Crippen LogP contribution in [0.5, 0.6) is 0 Å². The number of nitrogens with zero attached hydrogens (tertiary/aromatic N) is 1. The summed E-state index contributed by atoms with van der Waals surface area (Å²) >= 11 is 0. The molecule has 0 aliphatic carbocycles. The first-order valence-electron chi connectivity index (χ1n) is 7.03. The number of carboxylic acids is 1. The Balaban J connectivity index is 2.29. The first-order valence-corrected chi connectivity index (χ1v) is 7.03. The second-order valence-electron chi connectivity index (χ2n) is 5.25. The van der Waals surface area contributed by atoms with E-state index in [0.29, 0.717) is 12.2 Å². The van der Waals surface area contributed by atoms with Crippen LogP contribution >= 0.6 is 0 Å². The number of amides is 1. The molecule has 112 valence electrons. The maximum absolute atomic E-state index is 12.5. The van der Waals surface area contributed by atoms with Crippen molar-refractivity contribution in [3.05, 3.63) is 35.0 Å². The Kier molecular flexibility index (Phi) is 4.31. The van der Waals surface area contributed by atoms with Crippen LogP contribution in [0.3, 0.4) is 0 Å². The fourth-order valence-electron chi connectivity index (χ4n) is 2.52. The van der Waals surface area contributed by atoms with E-state index in [1.165, 1.54) is 0 Å². The number of carbonyl (C=O) groups excluding carboxylic acids is 1. The van der Waals surface area contributed by atoms with E-state index in [2.05, 4.69) is 11.1 Å². The van der Waals surface area contributed by atoms with Gasteiger partial charge in [0, 0.05) is 24.0 Å². The lowest BCUT2D eigenvalue weighted by molar-refractivity contribution is -0.137. The van der Waals surface area contributed by atoms with Crippen molar-refractivity contribution in [2.45, 2.75) is 27.2 Å². The molecule has 5 heteroatoms. The SMILES string of the molecule is CCN(CCC(=O)O)C(=O)c1cc2c(C)cc(C)cc2[nH]1. The van der Waals surface area contributed by atoms with Crippen molar-refractivity contribution in [2.75, 3.05) is 13.1 Å². The summed E-state index contributed by atoms with van der Waals surface area (Å²) in [6, 6.07) is 5.93. The molecule has 5 nitrogen and oxygen atoms in total. The molecule has 0 saturated carbocycles. The van der Waals surface area contributed by atoms with Crippen LogP contribution < -0.4 is 0 Å². The van der Waals surface area contributed by atoms with Gasteiger partial charge in [0.1, 0.15) is 5.69 Å². The normalized spacial score (nSPS) is 10.8. The topological polar surface area (TPSA) is 73.4 Å². The van der Waals surface area contributed by atoms with Crippen molar-refractivity contribution in [2.24, 2.45) is 0 Å². The van der Waals surface area contributed by atoms with Crippen LogP contribution in [0, 0.1) is 13.8 Å². The summed E-state index contributed by atoms with van der Waals surface area (Å²) in [6.07, 6.45) is -0.0437. The number of benzene rings is 1. The van der Waals surface area contributed by atoms with E-state index in [1.807, 2.05) is 32.9 Å². The number of carbonyl (C=O) groups is 2. The molecule has 0 aliphatic rings. The maximum Gasteiger partial charge on any atom is 0.305 e. The van der Waals surface area contributed by atoms with Gasteiger partial charge in [-0.3, -0.25) is 9.59 Å². The van der Waals surface area contributed by atoms with E-state index in [-0.39, 0.29) is 18.9 Å². The van der Waals surface area contributed by atoms with Gasteiger partial charge in [0.05, 0.1) is 6.42 Å². The van der Waals surface area contributed by atoms with Gasteiger partial charge in [0.2, 0.25) is 0 Å². The summed E-state index contributed by atoms with van der Waals surface area (Å²) in [5.74, 6) is -1.06. The van der Waals surface area contributed by atoms with E-state index < -0.39 is 5.97 Å². The zero-order chi connectivity index (χ0) is 15.6. The van der Waals surface area contributed by atoms with Crippen molar-refractivity contribution in [3.8, 4) is 0 Å². The summed E-state index contributed by atoms with van der Waals surface area (Å²) in [4.78, 5) is 27.8. The molecule has 0 aliphatic heterocycles. The van der Waals surface area contributed by atoms with Gasteiger partial charge in [-0.05, 0) is 44.0 Å². The summed E-state index contributed by atoms with van der Waals surface area (Å²) in [7, 11) is 0. The van der Waals surface area contributed by atoms with Crippen molar-refractivity contribution in [3.63, 3.8) is 0 Å². The molecule has 0 spiro atoms. The molecule has 0 fully saturated rings. The summed E-state index contributed by atoms with van der Waals surface area (Å²) in [5.41, 5.74) is 3.70. The second-order valence-corrected chi connectivity index (χ2v) is 5.25. The van der Waals surface area contributed by atoms with Gasteiger partial charge in [-0.1, -0.05) is 6.07 Å². The van der Waals surface area contributed by atoms with Gasteiger partial charge in [0.15, 0.2) is 0 Å². The Morgan fingerprint density at radius 2 is 1.95 bits per heavy atom. The van der Waals surface area contributed by atoms with Crippen LogP contribution in [-0.2, 0) is 4.79 Å². The summed E-state index contributed by atoms with van der Waals surface area (Å²) < 4.78 is 0. The number of aliphatic carboxylic acids is 1. The zero-order valence-corrected chi connectivity index (χ0v) is 12.6. The summed E-state index contributed by atoms with van der Waals surface area (Å²) in [5, 5.41) is 9.77. The van der Waals surface area contributed by atoms with E-state index in [1.54, 1.807) is 4.90 Å².